The molecule has 1 aromatic heterocycles. The lowest BCUT2D eigenvalue weighted by atomic mass is 10.1. The van der Waals surface area contributed by atoms with Gasteiger partial charge in [-0.05, 0) is 24.6 Å². The molecule has 0 spiro atoms. The Bertz CT molecular complexity index is 862. The van der Waals surface area contributed by atoms with E-state index in [1.807, 2.05) is 31.2 Å². The number of nitrogens with zero attached hydrogens (tertiary/aromatic N) is 2. The molecule has 7 heteroatoms. The van der Waals surface area contributed by atoms with Crippen molar-refractivity contribution in [2.45, 2.75) is 13.3 Å². The van der Waals surface area contributed by atoms with E-state index >= 15 is 0 Å². The van der Waals surface area contributed by atoms with Gasteiger partial charge in [0.2, 0.25) is 5.89 Å². The van der Waals surface area contributed by atoms with E-state index in [0.29, 0.717) is 12.3 Å². The molecule has 0 fully saturated rings. The highest BCUT2D eigenvalue weighted by atomic mass is 19.1. The van der Waals surface area contributed by atoms with Gasteiger partial charge in [0, 0.05) is 0 Å². The maximum atomic E-state index is 13.4. The maximum Gasteiger partial charge on any atom is 0.322 e. The van der Waals surface area contributed by atoms with Gasteiger partial charge in [-0.1, -0.05) is 47.1 Å². The number of rotatable bonds is 6. The van der Waals surface area contributed by atoms with Crippen molar-refractivity contribution in [1.29, 1.82) is 0 Å². The third kappa shape index (κ3) is 4.63. The molecule has 1 N–H and O–H groups in total. The van der Waals surface area contributed by atoms with Gasteiger partial charge < -0.3 is 9.15 Å². The van der Waals surface area contributed by atoms with Gasteiger partial charge in [0.05, 0.1) is 6.42 Å². The molecule has 0 aliphatic rings. The normalized spacial score (nSPS) is 10.5. The molecule has 0 aliphatic heterocycles. The molecule has 1 amide bonds. The van der Waals surface area contributed by atoms with Crippen LogP contribution in [0, 0.1) is 12.7 Å². The van der Waals surface area contributed by atoms with Crippen molar-refractivity contribution in [3.8, 4) is 5.75 Å². The largest absolute Gasteiger partial charge is 0.481 e. The molecule has 128 valence electrons. The van der Waals surface area contributed by atoms with Crippen molar-refractivity contribution in [2.24, 2.45) is 0 Å². The molecular weight excluding hydrogens is 325 g/mol. The van der Waals surface area contributed by atoms with Crippen LogP contribution in [0.25, 0.3) is 0 Å². The topological polar surface area (TPSA) is 77.2 Å². The van der Waals surface area contributed by atoms with Gasteiger partial charge in [-0.15, -0.1) is 5.10 Å². The van der Waals surface area contributed by atoms with E-state index < -0.39 is 11.7 Å². The minimum absolute atomic E-state index is 0.00300. The van der Waals surface area contributed by atoms with E-state index in [9.17, 15) is 9.18 Å². The fourth-order valence-electron chi connectivity index (χ4n) is 2.12. The molecule has 0 saturated heterocycles. The number of anilines is 1. The number of amides is 1. The van der Waals surface area contributed by atoms with Gasteiger partial charge >= 0.3 is 6.01 Å². The second kappa shape index (κ2) is 7.57. The van der Waals surface area contributed by atoms with Crippen LogP contribution in [0.15, 0.2) is 52.9 Å². The summed E-state index contributed by atoms with van der Waals surface area (Å²) in [5, 5.41) is 10.1. The molecule has 3 aromatic rings. The van der Waals surface area contributed by atoms with E-state index in [1.165, 1.54) is 18.2 Å². The van der Waals surface area contributed by atoms with E-state index in [2.05, 4.69) is 15.5 Å². The van der Waals surface area contributed by atoms with Crippen LogP contribution < -0.4 is 10.1 Å². The molecular formula is C18H16FN3O3. The SMILES string of the molecule is Cc1ccc(Cc2nnc(NC(=O)COc3ccccc3F)o2)cc1. The highest BCUT2D eigenvalue weighted by molar-refractivity contribution is 5.89. The summed E-state index contributed by atoms with van der Waals surface area (Å²) in [6.45, 7) is 1.64. The summed E-state index contributed by atoms with van der Waals surface area (Å²) >= 11 is 0. The Hall–Kier alpha value is -3.22. The summed E-state index contributed by atoms with van der Waals surface area (Å²) in [5.74, 6) is -0.667. The third-order valence-electron chi connectivity index (χ3n) is 3.38. The summed E-state index contributed by atoms with van der Waals surface area (Å²) in [4.78, 5) is 11.8. The molecule has 0 atom stereocenters. The second-order valence-corrected chi connectivity index (χ2v) is 5.43. The first-order valence-electron chi connectivity index (χ1n) is 7.65. The van der Waals surface area contributed by atoms with E-state index in [4.69, 9.17) is 9.15 Å². The first-order valence-corrected chi connectivity index (χ1v) is 7.65. The number of hydrogen-bond donors (Lipinski definition) is 1. The van der Waals surface area contributed by atoms with Gasteiger partial charge in [-0.3, -0.25) is 10.1 Å². The van der Waals surface area contributed by atoms with Gasteiger partial charge in [0.1, 0.15) is 0 Å². The van der Waals surface area contributed by atoms with Crippen molar-refractivity contribution in [2.75, 3.05) is 11.9 Å². The average Bonchev–Trinajstić information content (AvgIpc) is 3.03. The second-order valence-electron chi connectivity index (χ2n) is 5.43. The predicted octanol–water partition coefficient (Wildman–Crippen LogP) is 3.13. The molecule has 1 heterocycles. The van der Waals surface area contributed by atoms with Gasteiger partial charge in [-0.25, -0.2) is 4.39 Å². The Morgan fingerprint density at radius 3 is 2.68 bits per heavy atom. The Balaban J connectivity index is 1.53. The summed E-state index contributed by atoms with van der Waals surface area (Å²) < 4.78 is 23.9. The highest BCUT2D eigenvalue weighted by Crippen LogP contribution is 2.15. The van der Waals surface area contributed by atoms with Crippen molar-refractivity contribution in [3.05, 3.63) is 71.4 Å². The lowest BCUT2D eigenvalue weighted by molar-refractivity contribution is -0.118. The number of carbonyl (C=O) groups excluding carboxylic acids is 1. The van der Waals surface area contributed by atoms with E-state index in [0.717, 1.165) is 11.1 Å². The Morgan fingerprint density at radius 2 is 1.92 bits per heavy atom. The standard InChI is InChI=1S/C18H16FN3O3/c1-12-6-8-13(9-7-12)10-17-21-22-18(25-17)20-16(23)11-24-15-5-3-2-4-14(15)19/h2-9H,10-11H2,1H3,(H,20,22,23). The van der Waals surface area contributed by atoms with E-state index in [-0.39, 0.29) is 18.4 Å². The molecule has 0 radical (unpaired) electrons. The molecule has 6 nitrogen and oxygen atoms in total. The quantitative estimate of drug-likeness (QED) is 0.745. The number of benzene rings is 2. The lowest BCUT2D eigenvalue weighted by Gasteiger charge is -2.05. The third-order valence-corrected chi connectivity index (χ3v) is 3.38. The summed E-state index contributed by atoms with van der Waals surface area (Å²) in [6.07, 6.45) is 0.467. The Labute approximate surface area is 143 Å². The number of aryl methyl sites for hydroxylation is 1. The predicted molar refractivity (Wildman–Crippen MR) is 88.8 cm³/mol. The smallest absolute Gasteiger partial charge is 0.322 e. The summed E-state index contributed by atoms with van der Waals surface area (Å²) in [6, 6.07) is 13.8. The molecule has 0 bridgehead atoms. The number of halogens is 1. The molecule has 0 saturated carbocycles. The van der Waals surface area contributed by atoms with E-state index in [1.54, 1.807) is 6.07 Å². The first-order chi connectivity index (χ1) is 12.1. The number of carbonyl (C=O) groups is 1. The summed E-state index contributed by atoms with van der Waals surface area (Å²) in [7, 11) is 0. The van der Waals surface area contributed by atoms with Crippen LogP contribution in [0.5, 0.6) is 5.75 Å². The lowest BCUT2D eigenvalue weighted by Crippen LogP contribution is -2.20. The van der Waals surface area contributed by atoms with Crippen molar-refractivity contribution >= 4 is 11.9 Å². The molecule has 25 heavy (non-hydrogen) atoms. The fraction of sp³-hybridized carbons (Fsp3) is 0.167. The molecule has 0 aliphatic carbocycles. The first kappa shape index (κ1) is 16.6. The van der Waals surface area contributed by atoms with Crippen LogP contribution in [0.1, 0.15) is 17.0 Å². The minimum atomic E-state index is -0.534. The van der Waals surface area contributed by atoms with Crippen LogP contribution in [0.4, 0.5) is 10.4 Å². The number of hydrogen-bond acceptors (Lipinski definition) is 5. The number of aromatic nitrogens is 2. The summed E-state index contributed by atoms with van der Waals surface area (Å²) in [5.41, 5.74) is 2.19. The van der Waals surface area contributed by atoms with Crippen molar-refractivity contribution in [3.63, 3.8) is 0 Å². The van der Waals surface area contributed by atoms with Crippen LogP contribution in [0.2, 0.25) is 0 Å². The molecule has 3 rings (SSSR count). The van der Waals surface area contributed by atoms with Gasteiger partial charge in [-0.2, -0.15) is 0 Å². The van der Waals surface area contributed by atoms with Crippen molar-refractivity contribution < 1.29 is 18.3 Å². The Kier molecular flexibility index (Phi) is 5.03. The van der Waals surface area contributed by atoms with Crippen molar-refractivity contribution in [1.82, 2.24) is 10.2 Å². The zero-order valence-corrected chi connectivity index (χ0v) is 13.5. The monoisotopic (exact) mass is 341 g/mol. The number of nitrogens with one attached hydrogen (secondary N) is 1. The fourth-order valence-corrected chi connectivity index (χ4v) is 2.12. The molecule has 0 unspecified atom stereocenters. The van der Waals surface area contributed by atoms with Gasteiger partial charge in [0.25, 0.3) is 5.91 Å². The zero-order valence-electron chi connectivity index (χ0n) is 13.5. The van der Waals surface area contributed by atoms with Crippen LogP contribution in [-0.2, 0) is 11.2 Å². The zero-order chi connectivity index (χ0) is 17.6. The van der Waals surface area contributed by atoms with Crippen LogP contribution in [-0.4, -0.2) is 22.7 Å². The number of ether oxygens (including phenoxy) is 1. The van der Waals surface area contributed by atoms with Crippen LogP contribution in [0.3, 0.4) is 0 Å². The average molecular weight is 341 g/mol. The van der Waals surface area contributed by atoms with Crippen LogP contribution >= 0.6 is 0 Å². The molecule has 2 aromatic carbocycles. The number of para-hydroxylation sites is 1. The maximum absolute atomic E-state index is 13.4. The van der Waals surface area contributed by atoms with Gasteiger partial charge in [0.15, 0.2) is 18.2 Å². The minimum Gasteiger partial charge on any atom is -0.481 e. The highest BCUT2D eigenvalue weighted by Gasteiger charge is 2.12. The Morgan fingerprint density at radius 1 is 1.16 bits per heavy atom.